The van der Waals surface area contributed by atoms with Gasteiger partial charge in [0.2, 0.25) is 0 Å². The van der Waals surface area contributed by atoms with Crippen LogP contribution in [-0.4, -0.2) is 9.52 Å². The first-order valence-corrected chi connectivity index (χ1v) is 13.4. The van der Waals surface area contributed by atoms with Crippen LogP contribution in [0.15, 0.2) is 72.8 Å². The van der Waals surface area contributed by atoms with Crippen molar-refractivity contribution in [1.82, 2.24) is 0 Å². The third kappa shape index (κ3) is 14.7. The molecule has 0 saturated carbocycles. The normalized spacial score (nSPS) is 9.00. The van der Waals surface area contributed by atoms with Crippen LogP contribution in [0.2, 0.25) is 13.1 Å². The zero-order valence-electron chi connectivity index (χ0n) is 21.2. The summed E-state index contributed by atoms with van der Waals surface area (Å²) in [5.74, 6) is 0. The predicted octanol–water partition coefficient (Wildman–Crippen LogP) is 9.76. The first-order valence-electron chi connectivity index (χ1n) is 11.4. The minimum absolute atomic E-state index is 0. The van der Waals surface area contributed by atoms with Gasteiger partial charge in [0.15, 0.2) is 0 Å². The quantitative estimate of drug-likeness (QED) is 0.157. The molecule has 0 nitrogen and oxygen atoms in total. The van der Waals surface area contributed by atoms with E-state index in [0.29, 0.717) is 0 Å². The number of benzene rings is 2. The van der Waals surface area contributed by atoms with Crippen LogP contribution in [0.25, 0.3) is 21.5 Å². The van der Waals surface area contributed by atoms with Gasteiger partial charge in [0, 0.05) is 9.52 Å². The van der Waals surface area contributed by atoms with Crippen molar-refractivity contribution in [3.05, 3.63) is 97.8 Å². The fourth-order valence-corrected chi connectivity index (χ4v) is 2.61. The Kier molecular flexibility index (Phi) is 22.2. The van der Waals surface area contributed by atoms with E-state index in [1.165, 1.54) is 45.5 Å². The Bertz CT molecular complexity index is 771. The van der Waals surface area contributed by atoms with Gasteiger partial charge in [0.1, 0.15) is 0 Å². The van der Waals surface area contributed by atoms with Crippen LogP contribution < -0.4 is 0 Å². The Balaban J connectivity index is 0. The van der Waals surface area contributed by atoms with E-state index in [4.69, 9.17) is 0 Å². The molecule has 0 aliphatic carbocycles. The van der Waals surface area contributed by atoms with Crippen LogP contribution in [0.4, 0.5) is 0 Å². The minimum atomic E-state index is 0. The molecule has 4 rings (SSSR count). The van der Waals surface area contributed by atoms with E-state index in [9.17, 15) is 0 Å². The summed E-state index contributed by atoms with van der Waals surface area (Å²) in [5.41, 5.74) is 2.70. The Hall–Kier alpha value is -1.25. The molecule has 4 aromatic rings. The van der Waals surface area contributed by atoms with Gasteiger partial charge in [-0.05, 0) is 0 Å². The van der Waals surface area contributed by atoms with E-state index in [2.05, 4.69) is 127 Å². The van der Waals surface area contributed by atoms with Crippen molar-refractivity contribution >= 4 is 31.1 Å². The molecular formula is C30H42HfSi. The fraction of sp³-hybridized carbons (Fsp3) is 0.333. The molecule has 0 N–H and O–H groups in total. The molecular weight excluding hydrogens is 567 g/mol. The number of fused-ring (bicyclic) bond motifs is 2. The molecule has 2 heteroatoms. The van der Waals surface area contributed by atoms with E-state index in [-0.39, 0.29) is 25.8 Å². The molecule has 0 heterocycles. The van der Waals surface area contributed by atoms with Crippen molar-refractivity contribution in [1.29, 1.82) is 0 Å². The van der Waals surface area contributed by atoms with Crippen molar-refractivity contribution < 1.29 is 25.8 Å². The zero-order chi connectivity index (χ0) is 23.5. The summed E-state index contributed by atoms with van der Waals surface area (Å²) < 4.78 is 0. The molecule has 0 spiro atoms. The third-order valence-electron chi connectivity index (χ3n) is 4.23. The van der Waals surface area contributed by atoms with E-state index < -0.39 is 0 Å². The average molecular weight is 609 g/mol. The molecule has 4 aromatic carbocycles. The van der Waals surface area contributed by atoms with Gasteiger partial charge < -0.3 is 13.8 Å². The second-order valence-corrected chi connectivity index (χ2v) is 8.53. The number of rotatable bonds is 2. The SMILES string of the molecule is C[Si]C.Cc1cc2ccccc2[cH-]1.Cc1cc2ccccc2[cH-]1.[CH2-]CCC.[CH2-]CCC.[Hf+4]. The number of aryl methyl sites for hydroxylation is 2. The summed E-state index contributed by atoms with van der Waals surface area (Å²) in [6.45, 7) is 20.0. The van der Waals surface area contributed by atoms with Crippen LogP contribution in [0.5, 0.6) is 0 Å². The Labute approximate surface area is 220 Å². The van der Waals surface area contributed by atoms with Gasteiger partial charge in [0.05, 0.1) is 0 Å². The smallest absolute Gasteiger partial charge is 0.343 e. The Morgan fingerprint density at radius 3 is 1.22 bits per heavy atom. The fourth-order valence-electron chi connectivity index (χ4n) is 2.61. The Morgan fingerprint density at radius 2 is 0.969 bits per heavy atom. The summed E-state index contributed by atoms with van der Waals surface area (Å²) >= 11 is 0. The third-order valence-corrected chi connectivity index (χ3v) is 4.23. The number of unbranched alkanes of at least 4 members (excludes halogenated alkanes) is 2. The van der Waals surface area contributed by atoms with Crippen LogP contribution in [-0.2, 0) is 25.8 Å². The van der Waals surface area contributed by atoms with Gasteiger partial charge in [-0.15, -0.1) is 81.2 Å². The van der Waals surface area contributed by atoms with E-state index in [1.54, 1.807) is 0 Å². The van der Waals surface area contributed by atoms with Crippen molar-refractivity contribution in [2.45, 2.75) is 66.5 Å². The number of hydrogen-bond donors (Lipinski definition) is 0. The van der Waals surface area contributed by atoms with E-state index in [0.717, 1.165) is 22.4 Å². The summed E-state index contributed by atoms with van der Waals surface area (Å²) in [6.07, 6.45) is 4.56. The maximum Gasteiger partial charge on any atom is 4.00 e. The first-order chi connectivity index (χ1) is 15.0. The average Bonchev–Trinajstić information content (AvgIpc) is 3.35. The molecule has 2 radical (unpaired) electrons. The van der Waals surface area contributed by atoms with Crippen LogP contribution >= 0.6 is 0 Å². The van der Waals surface area contributed by atoms with Gasteiger partial charge in [-0.3, -0.25) is 0 Å². The monoisotopic (exact) mass is 610 g/mol. The molecule has 0 aromatic heterocycles. The first kappa shape index (κ1) is 32.9. The number of hydrogen-bond acceptors (Lipinski definition) is 0. The largest absolute Gasteiger partial charge is 4.00 e. The molecule has 0 aliphatic heterocycles. The molecule has 0 unspecified atom stereocenters. The van der Waals surface area contributed by atoms with Gasteiger partial charge in [-0.1, -0.05) is 65.8 Å². The summed E-state index contributed by atoms with van der Waals surface area (Å²) in [7, 11) is 1.08. The molecule has 0 bridgehead atoms. The minimum Gasteiger partial charge on any atom is -0.343 e. The maximum absolute atomic E-state index is 3.60. The van der Waals surface area contributed by atoms with Crippen LogP contribution in [0.3, 0.4) is 0 Å². The van der Waals surface area contributed by atoms with Gasteiger partial charge >= 0.3 is 25.8 Å². The van der Waals surface area contributed by atoms with Crippen LogP contribution in [0.1, 0.15) is 50.7 Å². The maximum atomic E-state index is 3.60. The van der Waals surface area contributed by atoms with Crippen molar-refractivity contribution in [3.8, 4) is 0 Å². The standard InChI is InChI=1S/2C10H9.2C4H9.C2H6Si.Hf/c2*1-8-6-9-4-2-3-5-10(9)7-8;2*1-3-4-2;1-3-2;/h2*2-7H,1H3;2*1,3-4H2,2H3;1-2H3;/q4*-1;;+4. The van der Waals surface area contributed by atoms with Gasteiger partial charge in [-0.25, -0.2) is 0 Å². The molecule has 0 atom stereocenters. The molecule has 32 heavy (non-hydrogen) atoms. The van der Waals surface area contributed by atoms with Crippen molar-refractivity contribution in [2.75, 3.05) is 0 Å². The van der Waals surface area contributed by atoms with Crippen molar-refractivity contribution in [3.63, 3.8) is 0 Å². The van der Waals surface area contributed by atoms with Crippen LogP contribution in [0, 0.1) is 27.7 Å². The zero-order valence-corrected chi connectivity index (χ0v) is 25.8. The second-order valence-electron chi connectivity index (χ2n) is 7.53. The Morgan fingerprint density at radius 1 is 0.688 bits per heavy atom. The predicted molar refractivity (Wildman–Crippen MR) is 147 cm³/mol. The molecule has 0 fully saturated rings. The summed E-state index contributed by atoms with van der Waals surface area (Å²) in [5, 5.41) is 5.39. The van der Waals surface area contributed by atoms with Gasteiger partial charge in [-0.2, -0.15) is 25.0 Å². The molecule has 0 saturated heterocycles. The van der Waals surface area contributed by atoms with E-state index >= 15 is 0 Å². The van der Waals surface area contributed by atoms with Gasteiger partial charge in [0.25, 0.3) is 0 Å². The molecule has 0 amide bonds. The second kappa shape index (κ2) is 21.6. The summed E-state index contributed by atoms with van der Waals surface area (Å²) in [4.78, 5) is 0. The topological polar surface area (TPSA) is 0 Å². The van der Waals surface area contributed by atoms with E-state index in [1.807, 2.05) is 0 Å². The molecule has 170 valence electrons. The molecule has 0 aliphatic rings. The van der Waals surface area contributed by atoms with Crippen molar-refractivity contribution in [2.24, 2.45) is 0 Å². The summed E-state index contributed by atoms with van der Waals surface area (Å²) in [6, 6.07) is 25.7.